The smallest absolute Gasteiger partial charge is 0.123 e. The number of methoxy groups -OCH3 is 4. The Labute approximate surface area is 182 Å². The number of aromatic nitrogens is 1. The number of ether oxygens (including phenoxy) is 4. The first kappa shape index (κ1) is 20.5. The molecule has 0 atom stereocenters. The predicted octanol–water partition coefficient (Wildman–Crippen LogP) is 5.91. The minimum Gasteiger partial charge on any atom is -0.497 e. The van der Waals surface area contributed by atoms with Crippen molar-refractivity contribution in [2.24, 2.45) is 0 Å². The Hall–Kier alpha value is -3.73. The van der Waals surface area contributed by atoms with Crippen molar-refractivity contribution in [1.82, 2.24) is 4.98 Å². The lowest BCUT2D eigenvalue weighted by Crippen LogP contribution is -1.94. The zero-order valence-electron chi connectivity index (χ0n) is 18.4. The lowest BCUT2D eigenvalue weighted by atomic mass is 9.96. The Morgan fingerprint density at radius 2 is 1.10 bits per heavy atom. The quantitative estimate of drug-likeness (QED) is 0.392. The molecule has 4 aromatic rings. The van der Waals surface area contributed by atoms with Crippen molar-refractivity contribution in [2.45, 2.75) is 6.92 Å². The van der Waals surface area contributed by atoms with E-state index in [1.807, 2.05) is 42.5 Å². The third-order valence-corrected chi connectivity index (χ3v) is 5.27. The normalized spacial score (nSPS) is 10.7. The summed E-state index contributed by atoms with van der Waals surface area (Å²) in [6, 6.07) is 20.0. The molecule has 0 aliphatic rings. The summed E-state index contributed by atoms with van der Waals surface area (Å²) < 4.78 is 21.9. The van der Waals surface area contributed by atoms with E-state index in [0.717, 1.165) is 44.8 Å². The average Bonchev–Trinajstić information content (AvgIpc) is 2.82. The van der Waals surface area contributed by atoms with E-state index in [0.29, 0.717) is 11.5 Å². The first-order chi connectivity index (χ1) is 15.0. The molecule has 3 aromatic carbocycles. The molecule has 5 nitrogen and oxygen atoms in total. The molecule has 0 aliphatic heterocycles. The third-order valence-electron chi connectivity index (χ3n) is 5.27. The van der Waals surface area contributed by atoms with E-state index in [4.69, 9.17) is 23.9 Å². The Kier molecular flexibility index (Phi) is 5.67. The first-order valence-corrected chi connectivity index (χ1v) is 9.93. The molecular weight excluding hydrogens is 390 g/mol. The van der Waals surface area contributed by atoms with Gasteiger partial charge in [-0.05, 0) is 60.5 Å². The van der Waals surface area contributed by atoms with Gasteiger partial charge in [0.15, 0.2) is 0 Å². The van der Waals surface area contributed by atoms with Crippen molar-refractivity contribution >= 4 is 10.9 Å². The van der Waals surface area contributed by atoms with Crippen LogP contribution in [0.4, 0.5) is 0 Å². The predicted molar refractivity (Wildman–Crippen MR) is 124 cm³/mol. The fourth-order valence-corrected chi connectivity index (χ4v) is 3.64. The minimum absolute atomic E-state index is 0.713. The maximum Gasteiger partial charge on any atom is 0.123 e. The maximum atomic E-state index is 5.50. The van der Waals surface area contributed by atoms with Crippen LogP contribution in [0.15, 0.2) is 60.7 Å². The van der Waals surface area contributed by atoms with E-state index in [1.54, 1.807) is 28.4 Å². The molecular formula is C26H25NO4. The van der Waals surface area contributed by atoms with Gasteiger partial charge in [0.1, 0.15) is 23.0 Å². The van der Waals surface area contributed by atoms with Gasteiger partial charge in [0.05, 0.1) is 39.6 Å². The summed E-state index contributed by atoms with van der Waals surface area (Å²) in [6.07, 6.45) is 0. The van der Waals surface area contributed by atoms with Crippen LogP contribution in [0.5, 0.6) is 23.0 Å². The molecule has 31 heavy (non-hydrogen) atoms. The molecule has 0 amide bonds. The van der Waals surface area contributed by atoms with E-state index in [9.17, 15) is 0 Å². The number of benzene rings is 3. The molecule has 4 rings (SSSR count). The third kappa shape index (κ3) is 4.12. The van der Waals surface area contributed by atoms with Gasteiger partial charge >= 0.3 is 0 Å². The average molecular weight is 415 g/mol. The highest BCUT2D eigenvalue weighted by atomic mass is 16.5. The van der Waals surface area contributed by atoms with Crippen LogP contribution in [0.1, 0.15) is 5.56 Å². The van der Waals surface area contributed by atoms with Gasteiger partial charge in [0, 0.05) is 23.1 Å². The Balaban J connectivity index is 2.01. The molecule has 0 unspecified atom stereocenters. The molecule has 0 saturated carbocycles. The van der Waals surface area contributed by atoms with Crippen LogP contribution in [0.3, 0.4) is 0 Å². The van der Waals surface area contributed by atoms with Crippen molar-refractivity contribution < 1.29 is 18.9 Å². The van der Waals surface area contributed by atoms with Crippen molar-refractivity contribution in [1.29, 1.82) is 0 Å². The first-order valence-electron chi connectivity index (χ1n) is 9.93. The number of rotatable bonds is 6. The summed E-state index contributed by atoms with van der Waals surface area (Å²) in [6.45, 7) is 2.08. The van der Waals surface area contributed by atoms with Gasteiger partial charge in [-0.3, -0.25) is 0 Å². The van der Waals surface area contributed by atoms with Gasteiger partial charge < -0.3 is 18.9 Å². The lowest BCUT2D eigenvalue weighted by Gasteiger charge is -2.14. The van der Waals surface area contributed by atoms with Gasteiger partial charge in [-0.15, -0.1) is 0 Å². The van der Waals surface area contributed by atoms with E-state index in [2.05, 4.69) is 25.1 Å². The van der Waals surface area contributed by atoms with E-state index in [-0.39, 0.29) is 0 Å². The maximum absolute atomic E-state index is 5.50. The van der Waals surface area contributed by atoms with Crippen molar-refractivity contribution in [3.05, 3.63) is 66.2 Å². The number of hydrogen-bond acceptors (Lipinski definition) is 5. The highest BCUT2D eigenvalue weighted by Gasteiger charge is 2.14. The van der Waals surface area contributed by atoms with Crippen LogP contribution in [0.25, 0.3) is 33.3 Å². The molecule has 0 bridgehead atoms. The van der Waals surface area contributed by atoms with Gasteiger partial charge in [-0.25, -0.2) is 4.98 Å². The van der Waals surface area contributed by atoms with E-state index < -0.39 is 0 Å². The number of hydrogen-bond donors (Lipinski definition) is 0. The monoisotopic (exact) mass is 415 g/mol. The second-order valence-corrected chi connectivity index (χ2v) is 7.28. The summed E-state index contributed by atoms with van der Waals surface area (Å²) in [4.78, 5) is 4.94. The second kappa shape index (κ2) is 8.56. The zero-order chi connectivity index (χ0) is 22.0. The topological polar surface area (TPSA) is 49.8 Å². The van der Waals surface area contributed by atoms with Crippen LogP contribution in [0.2, 0.25) is 0 Å². The zero-order valence-corrected chi connectivity index (χ0v) is 18.4. The number of pyridine rings is 1. The minimum atomic E-state index is 0.713. The van der Waals surface area contributed by atoms with Crippen molar-refractivity contribution in [2.75, 3.05) is 28.4 Å². The highest BCUT2D eigenvalue weighted by Crippen LogP contribution is 2.37. The number of aryl methyl sites for hydroxylation is 1. The van der Waals surface area contributed by atoms with Crippen LogP contribution >= 0.6 is 0 Å². The molecule has 0 aliphatic carbocycles. The lowest BCUT2D eigenvalue weighted by molar-refractivity contribution is 0.394. The van der Waals surface area contributed by atoms with Gasteiger partial charge in [-0.1, -0.05) is 11.6 Å². The molecule has 0 radical (unpaired) electrons. The molecule has 0 N–H and O–H groups in total. The summed E-state index contributed by atoms with van der Waals surface area (Å²) in [5.74, 6) is 2.89. The Bertz CT molecular complexity index is 1210. The van der Waals surface area contributed by atoms with Gasteiger partial charge in [0.25, 0.3) is 0 Å². The van der Waals surface area contributed by atoms with Gasteiger partial charge in [-0.2, -0.15) is 0 Å². The number of fused-ring (bicyclic) bond motifs is 1. The fourth-order valence-electron chi connectivity index (χ4n) is 3.64. The standard InChI is InChI=1S/C26H25NO4/c1-16-6-7-25-24(8-16)23(17-9-19(28-2)13-20(10-17)29-3)15-26(27-25)18-11-21(30-4)14-22(12-18)31-5/h6-15H,1-5H3. The molecule has 158 valence electrons. The summed E-state index contributed by atoms with van der Waals surface area (Å²) in [5, 5.41) is 1.06. The van der Waals surface area contributed by atoms with Crippen LogP contribution < -0.4 is 18.9 Å². The van der Waals surface area contributed by atoms with Gasteiger partial charge in [0.2, 0.25) is 0 Å². The summed E-state index contributed by atoms with van der Waals surface area (Å²) >= 11 is 0. The second-order valence-electron chi connectivity index (χ2n) is 7.28. The van der Waals surface area contributed by atoms with E-state index in [1.165, 1.54) is 5.56 Å². The van der Waals surface area contributed by atoms with Crippen LogP contribution in [-0.2, 0) is 0 Å². The number of nitrogens with zero attached hydrogens (tertiary/aromatic N) is 1. The molecule has 0 saturated heterocycles. The molecule has 0 fully saturated rings. The van der Waals surface area contributed by atoms with Crippen LogP contribution in [0, 0.1) is 6.92 Å². The van der Waals surface area contributed by atoms with Crippen molar-refractivity contribution in [3.63, 3.8) is 0 Å². The summed E-state index contributed by atoms with van der Waals surface area (Å²) in [7, 11) is 6.59. The fraction of sp³-hybridized carbons (Fsp3) is 0.192. The highest BCUT2D eigenvalue weighted by molar-refractivity contribution is 5.97. The summed E-state index contributed by atoms with van der Waals surface area (Å²) in [5.41, 5.74) is 5.84. The van der Waals surface area contributed by atoms with Crippen LogP contribution in [-0.4, -0.2) is 33.4 Å². The Morgan fingerprint density at radius 3 is 1.61 bits per heavy atom. The van der Waals surface area contributed by atoms with Crippen molar-refractivity contribution in [3.8, 4) is 45.4 Å². The Morgan fingerprint density at radius 1 is 0.581 bits per heavy atom. The molecule has 1 heterocycles. The SMILES string of the molecule is COc1cc(OC)cc(-c2cc(-c3cc(OC)cc(OC)c3)c3cc(C)ccc3n2)c1. The van der Waals surface area contributed by atoms with E-state index >= 15 is 0 Å². The molecule has 5 heteroatoms. The molecule has 1 aromatic heterocycles. The largest absolute Gasteiger partial charge is 0.497 e. The molecule has 0 spiro atoms.